The van der Waals surface area contributed by atoms with Crippen molar-refractivity contribution in [3.63, 3.8) is 0 Å². The van der Waals surface area contributed by atoms with E-state index in [9.17, 15) is 34.2 Å². The monoisotopic (exact) mass is 596 g/mol. The van der Waals surface area contributed by atoms with Crippen LogP contribution < -0.4 is 21.7 Å². The van der Waals surface area contributed by atoms with Crippen LogP contribution in [0.1, 0.15) is 39.2 Å². The normalized spacial score (nSPS) is 23.4. The van der Waals surface area contributed by atoms with Gasteiger partial charge in [-0.3, -0.25) is 24.0 Å². The van der Waals surface area contributed by atoms with Crippen molar-refractivity contribution >= 4 is 29.6 Å². The summed E-state index contributed by atoms with van der Waals surface area (Å²) in [4.78, 5) is 60.3. The third kappa shape index (κ3) is 10.6. The molecule has 0 aliphatic carbocycles. The van der Waals surface area contributed by atoms with E-state index in [4.69, 9.17) is 25.1 Å². The highest BCUT2D eigenvalue weighted by Crippen LogP contribution is 2.25. The molecule has 4 amide bonds. The van der Waals surface area contributed by atoms with Crippen LogP contribution in [0.25, 0.3) is 0 Å². The van der Waals surface area contributed by atoms with Gasteiger partial charge in [-0.1, -0.05) is 44.2 Å². The summed E-state index contributed by atoms with van der Waals surface area (Å²) < 4.78 is 17.3. The first-order valence-corrected chi connectivity index (χ1v) is 13.4. The SMILES string of the molecule is CC(=O)N[C@H]1[C@@H](OCc2ccccc2)O[C@H](CO)[C@@H](O)[C@@H]1OCC(=O)N[C@H](C(=O)N[C@H](CCC(=O)O)C(N)=O)C(C)C. The number of carbonyl (C=O) groups excluding carboxylic acids is 4. The van der Waals surface area contributed by atoms with Crippen LogP contribution in [0.3, 0.4) is 0 Å². The van der Waals surface area contributed by atoms with Crippen molar-refractivity contribution in [3.05, 3.63) is 35.9 Å². The van der Waals surface area contributed by atoms with Gasteiger partial charge in [-0.25, -0.2) is 0 Å². The van der Waals surface area contributed by atoms with Crippen molar-refractivity contribution in [2.75, 3.05) is 13.2 Å². The molecule has 0 unspecified atom stereocenters. The van der Waals surface area contributed by atoms with E-state index in [1.54, 1.807) is 13.8 Å². The first-order chi connectivity index (χ1) is 19.8. The Morgan fingerprint density at radius 3 is 2.29 bits per heavy atom. The van der Waals surface area contributed by atoms with Crippen molar-refractivity contribution in [1.82, 2.24) is 16.0 Å². The fourth-order valence-electron chi connectivity index (χ4n) is 4.29. The Hall–Kier alpha value is -3.63. The van der Waals surface area contributed by atoms with Crippen molar-refractivity contribution in [2.45, 2.75) is 82.9 Å². The molecule has 15 heteroatoms. The molecule has 8 N–H and O–H groups in total. The summed E-state index contributed by atoms with van der Waals surface area (Å²) in [6.07, 6.45) is -5.68. The zero-order valence-electron chi connectivity index (χ0n) is 23.7. The van der Waals surface area contributed by atoms with Crippen molar-refractivity contribution in [2.24, 2.45) is 11.7 Å². The van der Waals surface area contributed by atoms with Gasteiger partial charge in [-0.2, -0.15) is 0 Å². The first-order valence-electron chi connectivity index (χ1n) is 13.4. The van der Waals surface area contributed by atoms with Crippen LogP contribution in [-0.4, -0.2) is 101 Å². The number of aliphatic carboxylic acids is 1. The van der Waals surface area contributed by atoms with Crippen molar-refractivity contribution in [3.8, 4) is 0 Å². The number of ether oxygens (including phenoxy) is 3. The number of hydrogen-bond donors (Lipinski definition) is 7. The molecule has 234 valence electrons. The summed E-state index contributed by atoms with van der Waals surface area (Å²) >= 11 is 0. The second kappa shape index (κ2) is 16.7. The van der Waals surface area contributed by atoms with Crippen molar-refractivity contribution in [1.29, 1.82) is 0 Å². The van der Waals surface area contributed by atoms with Crippen molar-refractivity contribution < 1.29 is 53.5 Å². The van der Waals surface area contributed by atoms with E-state index in [-0.39, 0.29) is 13.0 Å². The highest BCUT2D eigenvalue weighted by Gasteiger charge is 2.47. The molecule has 2 rings (SSSR count). The Balaban J connectivity index is 2.12. The smallest absolute Gasteiger partial charge is 0.303 e. The number of aliphatic hydroxyl groups is 2. The molecule has 0 aromatic heterocycles. The minimum atomic E-state index is -1.47. The molecule has 1 saturated heterocycles. The Labute approximate surface area is 243 Å². The Kier molecular flexibility index (Phi) is 13.8. The van der Waals surface area contributed by atoms with Crippen LogP contribution in [0.4, 0.5) is 0 Å². The second-order valence-electron chi connectivity index (χ2n) is 10.2. The summed E-state index contributed by atoms with van der Waals surface area (Å²) in [5.41, 5.74) is 6.08. The van der Waals surface area contributed by atoms with Gasteiger partial charge in [0, 0.05) is 13.3 Å². The number of carboxylic acids is 1. The summed E-state index contributed by atoms with van der Waals surface area (Å²) in [6.45, 7) is 3.31. The van der Waals surface area contributed by atoms with Gasteiger partial charge in [0.25, 0.3) is 0 Å². The molecular weight excluding hydrogens is 556 g/mol. The minimum absolute atomic E-state index is 0.0764. The molecule has 1 aliphatic heterocycles. The number of nitrogens with one attached hydrogen (secondary N) is 3. The van der Waals surface area contributed by atoms with E-state index >= 15 is 0 Å². The fourth-order valence-corrected chi connectivity index (χ4v) is 4.29. The lowest BCUT2D eigenvalue weighted by Gasteiger charge is -2.44. The third-order valence-corrected chi connectivity index (χ3v) is 6.46. The summed E-state index contributed by atoms with van der Waals surface area (Å²) in [7, 11) is 0. The average Bonchev–Trinajstić information content (AvgIpc) is 2.93. The third-order valence-electron chi connectivity index (χ3n) is 6.46. The van der Waals surface area contributed by atoms with E-state index < -0.39 is 97.9 Å². The minimum Gasteiger partial charge on any atom is -0.481 e. The summed E-state index contributed by atoms with van der Waals surface area (Å²) in [5.74, 6) is -4.59. The summed E-state index contributed by atoms with van der Waals surface area (Å²) in [5, 5.41) is 36.9. The van der Waals surface area contributed by atoms with Crippen LogP contribution in [0.2, 0.25) is 0 Å². The highest BCUT2D eigenvalue weighted by molar-refractivity contribution is 5.92. The van der Waals surface area contributed by atoms with Gasteiger partial charge in [0.2, 0.25) is 23.6 Å². The average molecular weight is 597 g/mol. The number of hydrogen-bond acceptors (Lipinski definition) is 10. The quantitative estimate of drug-likeness (QED) is 0.112. The maximum absolute atomic E-state index is 12.9. The lowest BCUT2D eigenvalue weighted by molar-refractivity contribution is -0.279. The van der Waals surface area contributed by atoms with Crippen LogP contribution in [0.15, 0.2) is 30.3 Å². The van der Waals surface area contributed by atoms with E-state index in [1.165, 1.54) is 6.92 Å². The molecule has 1 aliphatic rings. The van der Waals surface area contributed by atoms with Gasteiger partial charge in [-0.15, -0.1) is 0 Å². The lowest BCUT2D eigenvalue weighted by atomic mass is 9.96. The number of aliphatic hydroxyl groups excluding tert-OH is 2. The zero-order chi connectivity index (χ0) is 31.4. The van der Waals surface area contributed by atoms with Crippen LogP contribution in [-0.2, 0) is 44.8 Å². The molecular formula is C27H40N4O11. The molecule has 1 heterocycles. The number of carboxylic acid groups (broad SMARTS) is 1. The maximum atomic E-state index is 12.9. The van der Waals surface area contributed by atoms with Gasteiger partial charge in [0.1, 0.15) is 43.0 Å². The zero-order valence-corrected chi connectivity index (χ0v) is 23.7. The standard InChI is InChI=1S/C27H40N4O11/c1-14(2)21(26(39)30-17(25(28)38)9-10-20(35)36)31-19(34)13-40-24-22(29-15(3)33)27(42-18(11-32)23(24)37)41-12-16-7-5-4-6-8-16/h4-8,14,17-18,21-24,27,32,37H,9-13H2,1-3H3,(H2,28,38)(H,29,33)(H,30,39)(H,31,34)(H,35,36)/t17-,18-,21+,22-,23-,24-,27+/m1/s1. The fraction of sp³-hybridized carbons (Fsp3) is 0.593. The maximum Gasteiger partial charge on any atom is 0.303 e. The summed E-state index contributed by atoms with van der Waals surface area (Å²) in [6, 6.07) is 5.59. The van der Waals surface area contributed by atoms with Gasteiger partial charge in [-0.05, 0) is 17.9 Å². The molecule has 15 nitrogen and oxygen atoms in total. The molecule has 0 saturated carbocycles. The second-order valence-corrected chi connectivity index (χ2v) is 10.2. The highest BCUT2D eigenvalue weighted by atomic mass is 16.7. The van der Waals surface area contributed by atoms with Crippen LogP contribution in [0, 0.1) is 5.92 Å². The van der Waals surface area contributed by atoms with E-state index in [2.05, 4.69) is 16.0 Å². The lowest BCUT2D eigenvalue weighted by Crippen LogP contribution is -2.65. The number of nitrogens with two attached hydrogens (primary N) is 1. The number of carbonyl (C=O) groups is 5. The van der Waals surface area contributed by atoms with Crippen LogP contribution >= 0.6 is 0 Å². The molecule has 42 heavy (non-hydrogen) atoms. The Morgan fingerprint density at radius 1 is 1.07 bits per heavy atom. The predicted molar refractivity (Wildman–Crippen MR) is 145 cm³/mol. The van der Waals surface area contributed by atoms with E-state index in [1.807, 2.05) is 30.3 Å². The molecule has 0 radical (unpaired) electrons. The number of rotatable bonds is 16. The molecule has 7 atom stereocenters. The number of amides is 4. The first kappa shape index (κ1) is 34.6. The van der Waals surface area contributed by atoms with Gasteiger partial charge in [0.05, 0.1) is 13.2 Å². The Morgan fingerprint density at radius 2 is 1.74 bits per heavy atom. The largest absolute Gasteiger partial charge is 0.481 e. The Bertz CT molecular complexity index is 1070. The van der Waals surface area contributed by atoms with E-state index in [0.29, 0.717) is 0 Å². The molecule has 1 aromatic rings. The number of primary amides is 1. The van der Waals surface area contributed by atoms with Crippen LogP contribution in [0.5, 0.6) is 0 Å². The molecule has 0 bridgehead atoms. The topological polar surface area (TPSA) is 236 Å². The van der Waals surface area contributed by atoms with Gasteiger partial charge < -0.3 is 51.2 Å². The van der Waals surface area contributed by atoms with Gasteiger partial charge >= 0.3 is 5.97 Å². The predicted octanol–water partition coefficient (Wildman–Crippen LogP) is -1.85. The molecule has 0 spiro atoms. The molecule has 1 aromatic carbocycles. The van der Waals surface area contributed by atoms with Gasteiger partial charge in [0.15, 0.2) is 6.29 Å². The molecule has 1 fully saturated rings. The van der Waals surface area contributed by atoms with E-state index in [0.717, 1.165) is 5.56 Å². The number of benzene rings is 1.